The molecule has 4 nitrogen and oxygen atoms in total. The number of benzene rings is 2. The molecular weight excluding hydrogens is 379 g/mol. The molecule has 0 radical (unpaired) electrons. The van der Waals surface area contributed by atoms with Crippen molar-refractivity contribution in [3.63, 3.8) is 0 Å². The van der Waals surface area contributed by atoms with Crippen molar-refractivity contribution in [2.24, 2.45) is 0 Å². The zero-order valence-electron chi connectivity index (χ0n) is 17.5. The molecule has 154 valence electrons. The average molecular weight is 404 g/mol. The van der Waals surface area contributed by atoms with Crippen LogP contribution in [0.1, 0.15) is 45.3 Å². The fraction of sp³-hybridized carbons (Fsp3) is 0.240. The predicted octanol–water partition coefficient (Wildman–Crippen LogP) is 5.10. The summed E-state index contributed by atoms with van der Waals surface area (Å²) in [7, 11) is 1.78. The minimum Gasteiger partial charge on any atom is -0.342 e. The maximum absolute atomic E-state index is 13.1. The molecule has 3 rings (SSSR count). The number of aromatic nitrogens is 1. The third-order valence-corrected chi connectivity index (χ3v) is 5.28. The molecule has 1 aromatic heterocycles. The number of nitrogens with zero attached hydrogens (tertiary/aromatic N) is 2. The second-order valence-electron chi connectivity index (χ2n) is 7.28. The lowest BCUT2D eigenvalue weighted by Crippen LogP contribution is -2.26. The Labute approximate surface area is 176 Å². The highest BCUT2D eigenvalue weighted by Gasteiger charge is 2.11. The minimum atomic E-state index is -0.507. The second kappa shape index (κ2) is 9.44. The quantitative estimate of drug-likeness (QED) is 0.406. The summed E-state index contributed by atoms with van der Waals surface area (Å²) in [5, 5.41) is 0. The summed E-state index contributed by atoms with van der Waals surface area (Å²) in [6.07, 6.45) is 0.872. The van der Waals surface area contributed by atoms with Gasteiger partial charge >= 0.3 is 0 Å². The number of Topliss-reactive ketones (excluding diaryl/α,β-unsaturated/α-hetero) is 1. The SMILES string of the molecule is CCN(C)C(=O)c1ccc(-c2ccc(C(=O)CCc3ccc(F)nc3C)cc2)cc1. The summed E-state index contributed by atoms with van der Waals surface area (Å²) in [6.45, 7) is 4.34. The summed E-state index contributed by atoms with van der Waals surface area (Å²) >= 11 is 0. The molecule has 0 bridgehead atoms. The lowest BCUT2D eigenvalue weighted by atomic mass is 9.98. The van der Waals surface area contributed by atoms with Crippen LogP contribution in [-0.2, 0) is 6.42 Å². The van der Waals surface area contributed by atoms with E-state index < -0.39 is 5.95 Å². The molecule has 0 aliphatic heterocycles. The van der Waals surface area contributed by atoms with Gasteiger partial charge in [-0.1, -0.05) is 42.5 Å². The Bertz CT molecular complexity index is 1040. The van der Waals surface area contributed by atoms with Crippen LogP contribution in [0.5, 0.6) is 0 Å². The maximum Gasteiger partial charge on any atom is 0.253 e. The van der Waals surface area contributed by atoms with Gasteiger partial charge in [0.1, 0.15) is 0 Å². The van der Waals surface area contributed by atoms with Gasteiger partial charge in [0, 0.05) is 36.8 Å². The van der Waals surface area contributed by atoms with Crippen LogP contribution in [-0.4, -0.2) is 35.2 Å². The Morgan fingerprint density at radius 1 is 0.900 bits per heavy atom. The molecule has 1 amide bonds. The van der Waals surface area contributed by atoms with Crippen LogP contribution in [0.15, 0.2) is 60.7 Å². The number of carbonyl (C=O) groups excluding carboxylic acids is 2. The van der Waals surface area contributed by atoms with Crippen LogP contribution in [0.4, 0.5) is 4.39 Å². The van der Waals surface area contributed by atoms with E-state index in [-0.39, 0.29) is 11.7 Å². The van der Waals surface area contributed by atoms with E-state index in [2.05, 4.69) is 4.98 Å². The standard InChI is InChI=1S/C25H25FN2O2/c1-4-28(3)25(30)22-11-7-20(8-12-22)19-5-9-21(10-6-19)23(29)15-13-18-14-16-24(26)27-17(18)2/h5-12,14,16H,4,13,15H2,1-3H3. The van der Waals surface area contributed by atoms with Crippen LogP contribution in [0.2, 0.25) is 0 Å². The number of carbonyl (C=O) groups is 2. The van der Waals surface area contributed by atoms with Crippen molar-refractivity contribution >= 4 is 11.7 Å². The molecule has 3 aromatic rings. The molecule has 0 fully saturated rings. The zero-order valence-corrected chi connectivity index (χ0v) is 17.5. The fourth-order valence-corrected chi connectivity index (χ4v) is 3.23. The number of hydrogen-bond acceptors (Lipinski definition) is 3. The van der Waals surface area contributed by atoms with Crippen LogP contribution in [0.25, 0.3) is 11.1 Å². The average Bonchev–Trinajstić information content (AvgIpc) is 2.77. The molecule has 0 saturated heterocycles. The number of hydrogen-bond donors (Lipinski definition) is 0. The number of ketones is 1. The molecule has 0 N–H and O–H groups in total. The van der Waals surface area contributed by atoms with Gasteiger partial charge in [-0.3, -0.25) is 9.59 Å². The normalized spacial score (nSPS) is 10.7. The van der Waals surface area contributed by atoms with Gasteiger partial charge in [0.05, 0.1) is 0 Å². The number of aryl methyl sites for hydroxylation is 2. The van der Waals surface area contributed by atoms with Gasteiger partial charge < -0.3 is 4.90 Å². The Morgan fingerprint density at radius 3 is 2.00 bits per heavy atom. The van der Waals surface area contributed by atoms with Crippen LogP contribution in [0.3, 0.4) is 0 Å². The zero-order chi connectivity index (χ0) is 21.7. The monoisotopic (exact) mass is 404 g/mol. The first-order valence-corrected chi connectivity index (χ1v) is 10.00. The number of rotatable bonds is 7. The van der Waals surface area contributed by atoms with Gasteiger partial charge in [0.15, 0.2) is 5.78 Å². The minimum absolute atomic E-state index is 0.00316. The van der Waals surface area contributed by atoms with Crippen LogP contribution < -0.4 is 0 Å². The van der Waals surface area contributed by atoms with Crippen LogP contribution >= 0.6 is 0 Å². The molecule has 0 unspecified atom stereocenters. The lowest BCUT2D eigenvalue weighted by Gasteiger charge is -2.14. The Hall–Kier alpha value is -3.34. The summed E-state index contributed by atoms with van der Waals surface area (Å²) in [5.41, 5.74) is 4.75. The van der Waals surface area contributed by atoms with E-state index in [0.29, 0.717) is 36.2 Å². The van der Waals surface area contributed by atoms with Crippen molar-refractivity contribution in [3.8, 4) is 11.1 Å². The third-order valence-electron chi connectivity index (χ3n) is 5.28. The lowest BCUT2D eigenvalue weighted by molar-refractivity contribution is 0.0802. The Morgan fingerprint density at radius 2 is 1.47 bits per heavy atom. The van der Waals surface area contributed by atoms with E-state index in [4.69, 9.17) is 0 Å². The maximum atomic E-state index is 13.1. The first-order chi connectivity index (χ1) is 14.4. The van der Waals surface area contributed by atoms with E-state index in [9.17, 15) is 14.0 Å². The largest absolute Gasteiger partial charge is 0.342 e. The Balaban J connectivity index is 1.65. The van der Waals surface area contributed by atoms with Crippen molar-refractivity contribution < 1.29 is 14.0 Å². The molecule has 0 spiro atoms. The van der Waals surface area contributed by atoms with E-state index in [1.54, 1.807) is 24.9 Å². The highest BCUT2D eigenvalue weighted by atomic mass is 19.1. The van der Waals surface area contributed by atoms with Gasteiger partial charge in [0.2, 0.25) is 5.95 Å². The van der Waals surface area contributed by atoms with E-state index in [1.165, 1.54) is 6.07 Å². The van der Waals surface area contributed by atoms with Crippen molar-refractivity contribution in [1.82, 2.24) is 9.88 Å². The highest BCUT2D eigenvalue weighted by molar-refractivity contribution is 5.97. The summed E-state index contributed by atoms with van der Waals surface area (Å²) < 4.78 is 13.1. The van der Waals surface area contributed by atoms with E-state index in [0.717, 1.165) is 16.7 Å². The molecule has 1 heterocycles. The number of amides is 1. The summed E-state index contributed by atoms with van der Waals surface area (Å²) in [4.78, 5) is 30.2. The predicted molar refractivity (Wildman–Crippen MR) is 116 cm³/mol. The van der Waals surface area contributed by atoms with E-state index in [1.807, 2.05) is 55.5 Å². The molecule has 0 aliphatic rings. The van der Waals surface area contributed by atoms with Gasteiger partial charge in [-0.05, 0) is 55.2 Å². The molecule has 2 aromatic carbocycles. The van der Waals surface area contributed by atoms with Gasteiger partial charge in [-0.25, -0.2) is 4.98 Å². The molecule has 0 aliphatic carbocycles. The fourth-order valence-electron chi connectivity index (χ4n) is 3.23. The highest BCUT2D eigenvalue weighted by Crippen LogP contribution is 2.22. The summed E-state index contributed by atoms with van der Waals surface area (Å²) in [5.74, 6) is -0.474. The van der Waals surface area contributed by atoms with Crippen molar-refractivity contribution in [2.75, 3.05) is 13.6 Å². The molecule has 0 atom stereocenters. The van der Waals surface area contributed by atoms with Gasteiger partial charge in [-0.15, -0.1) is 0 Å². The first-order valence-electron chi connectivity index (χ1n) is 10.00. The van der Waals surface area contributed by atoms with Crippen LogP contribution in [0, 0.1) is 12.9 Å². The molecule has 30 heavy (non-hydrogen) atoms. The third kappa shape index (κ3) is 4.98. The van der Waals surface area contributed by atoms with Gasteiger partial charge in [0.25, 0.3) is 5.91 Å². The number of pyridine rings is 1. The summed E-state index contributed by atoms with van der Waals surface area (Å²) in [6, 6.07) is 17.9. The van der Waals surface area contributed by atoms with Crippen molar-refractivity contribution in [2.45, 2.75) is 26.7 Å². The smallest absolute Gasteiger partial charge is 0.253 e. The molecule has 5 heteroatoms. The molecule has 0 saturated carbocycles. The number of halogens is 1. The van der Waals surface area contributed by atoms with E-state index >= 15 is 0 Å². The first kappa shape index (κ1) is 21.4. The van der Waals surface area contributed by atoms with Crippen molar-refractivity contribution in [3.05, 3.63) is 89.0 Å². The Kier molecular flexibility index (Phi) is 6.72. The van der Waals surface area contributed by atoms with Crippen molar-refractivity contribution in [1.29, 1.82) is 0 Å². The topological polar surface area (TPSA) is 50.3 Å². The second-order valence-corrected chi connectivity index (χ2v) is 7.28. The molecular formula is C25H25FN2O2. The van der Waals surface area contributed by atoms with Gasteiger partial charge in [-0.2, -0.15) is 4.39 Å².